The topological polar surface area (TPSA) is 73.1 Å². The molecule has 0 atom stereocenters. The molecule has 0 fully saturated rings. The molecule has 0 saturated heterocycles. The summed E-state index contributed by atoms with van der Waals surface area (Å²) < 4.78 is 5.24. The summed E-state index contributed by atoms with van der Waals surface area (Å²) in [5, 5.41) is 3.21. The number of hydrogen-bond donors (Lipinski definition) is 2. The quantitative estimate of drug-likeness (QED) is 0.686. The van der Waals surface area contributed by atoms with Gasteiger partial charge in [0.2, 0.25) is 0 Å². The van der Waals surface area contributed by atoms with Gasteiger partial charge >= 0.3 is 0 Å². The van der Waals surface area contributed by atoms with Crippen molar-refractivity contribution in [3.63, 3.8) is 0 Å². The third-order valence-electron chi connectivity index (χ3n) is 2.08. The fourth-order valence-corrected chi connectivity index (χ4v) is 1.30. The van der Waals surface area contributed by atoms with Crippen molar-refractivity contribution in [2.75, 3.05) is 30.8 Å². The second-order valence-corrected chi connectivity index (χ2v) is 3.43. The Labute approximate surface area is 96.4 Å². The first-order valence-electron chi connectivity index (χ1n) is 5.71. The predicted octanol–water partition coefficient (Wildman–Crippen LogP) is 1.46. The highest BCUT2D eigenvalue weighted by Crippen LogP contribution is 2.08. The summed E-state index contributed by atoms with van der Waals surface area (Å²) >= 11 is 0. The van der Waals surface area contributed by atoms with E-state index in [0.717, 1.165) is 44.2 Å². The Balaban J connectivity index is 2.38. The molecule has 1 aromatic heterocycles. The molecule has 0 aromatic carbocycles. The van der Waals surface area contributed by atoms with Crippen molar-refractivity contribution in [1.29, 1.82) is 0 Å². The van der Waals surface area contributed by atoms with Crippen LogP contribution in [0.2, 0.25) is 0 Å². The van der Waals surface area contributed by atoms with Crippen molar-refractivity contribution < 1.29 is 4.74 Å². The maximum absolute atomic E-state index is 5.67. The number of nitrogen functional groups attached to an aromatic ring is 1. The molecular formula is C11H20N4O. The summed E-state index contributed by atoms with van der Waals surface area (Å²) in [4.78, 5) is 8.44. The van der Waals surface area contributed by atoms with E-state index < -0.39 is 0 Å². The standard InChI is InChI=1S/C11H20N4O/c1-3-10-14-9(12)8-11(15-10)13-6-5-7-16-4-2/h8H,3-7H2,1-2H3,(H3,12,13,14,15). The third kappa shape index (κ3) is 4.44. The fraction of sp³-hybridized carbons (Fsp3) is 0.636. The predicted molar refractivity (Wildman–Crippen MR) is 65.4 cm³/mol. The van der Waals surface area contributed by atoms with E-state index in [0.29, 0.717) is 5.82 Å². The number of hydrogen-bond acceptors (Lipinski definition) is 5. The van der Waals surface area contributed by atoms with Crippen LogP contribution in [0.4, 0.5) is 11.6 Å². The number of rotatable bonds is 7. The Kier molecular flexibility index (Phi) is 5.56. The molecule has 0 radical (unpaired) electrons. The molecule has 3 N–H and O–H groups in total. The van der Waals surface area contributed by atoms with E-state index in [1.54, 1.807) is 6.07 Å². The van der Waals surface area contributed by atoms with Crippen LogP contribution in [0, 0.1) is 0 Å². The van der Waals surface area contributed by atoms with Crippen molar-refractivity contribution >= 4 is 11.6 Å². The first kappa shape index (κ1) is 12.7. The van der Waals surface area contributed by atoms with Crippen LogP contribution in [0.15, 0.2) is 6.07 Å². The minimum atomic E-state index is 0.513. The molecule has 0 aliphatic carbocycles. The van der Waals surface area contributed by atoms with Crippen molar-refractivity contribution in [2.24, 2.45) is 0 Å². The number of aryl methyl sites for hydroxylation is 1. The number of anilines is 2. The summed E-state index contributed by atoms with van der Waals surface area (Å²) in [6.45, 7) is 6.37. The SMILES string of the molecule is CCOCCCNc1cc(N)nc(CC)n1. The average molecular weight is 224 g/mol. The molecule has 1 aromatic rings. The lowest BCUT2D eigenvalue weighted by Gasteiger charge is -2.07. The Morgan fingerprint density at radius 2 is 2.19 bits per heavy atom. The first-order valence-corrected chi connectivity index (χ1v) is 5.71. The molecule has 0 amide bonds. The minimum Gasteiger partial charge on any atom is -0.384 e. The average Bonchev–Trinajstić information content (AvgIpc) is 2.28. The van der Waals surface area contributed by atoms with Crippen LogP contribution in [0.25, 0.3) is 0 Å². The van der Waals surface area contributed by atoms with Gasteiger partial charge in [-0.05, 0) is 13.3 Å². The van der Waals surface area contributed by atoms with E-state index in [1.165, 1.54) is 0 Å². The highest BCUT2D eigenvalue weighted by molar-refractivity contribution is 5.44. The van der Waals surface area contributed by atoms with Gasteiger partial charge in [-0.15, -0.1) is 0 Å². The number of nitrogens with zero attached hydrogens (tertiary/aromatic N) is 2. The van der Waals surface area contributed by atoms with Crippen LogP contribution in [0.5, 0.6) is 0 Å². The van der Waals surface area contributed by atoms with E-state index in [1.807, 2.05) is 13.8 Å². The molecule has 0 aliphatic rings. The van der Waals surface area contributed by atoms with Gasteiger partial charge in [-0.25, -0.2) is 9.97 Å². The van der Waals surface area contributed by atoms with Gasteiger partial charge in [0.1, 0.15) is 17.5 Å². The Bertz CT molecular complexity index is 317. The smallest absolute Gasteiger partial charge is 0.132 e. The maximum atomic E-state index is 5.67. The fourth-order valence-electron chi connectivity index (χ4n) is 1.30. The largest absolute Gasteiger partial charge is 0.384 e. The van der Waals surface area contributed by atoms with Crippen molar-refractivity contribution in [3.8, 4) is 0 Å². The van der Waals surface area contributed by atoms with E-state index in [4.69, 9.17) is 10.5 Å². The molecule has 5 nitrogen and oxygen atoms in total. The van der Waals surface area contributed by atoms with Crippen LogP contribution in [0.1, 0.15) is 26.1 Å². The zero-order chi connectivity index (χ0) is 11.8. The van der Waals surface area contributed by atoms with E-state index in [2.05, 4.69) is 15.3 Å². The second kappa shape index (κ2) is 7.00. The second-order valence-electron chi connectivity index (χ2n) is 3.43. The number of aromatic nitrogens is 2. The van der Waals surface area contributed by atoms with Gasteiger partial charge in [0.25, 0.3) is 0 Å². The molecular weight excluding hydrogens is 204 g/mol. The van der Waals surface area contributed by atoms with Crippen LogP contribution in [0.3, 0.4) is 0 Å². The molecule has 1 heterocycles. The molecule has 0 aliphatic heterocycles. The lowest BCUT2D eigenvalue weighted by Crippen LogP contribution is -2.09. The number of nitrogens with one attached hydrogen (secondary N) is 1. The van der Waals surface area contributed by atoms with Crippen molar-refractivity contribution in [1.82, 2.24) is 9.97 Å². The van der Waals surface area contributed by atoms with Gasteiger partial charge in [-0.3, -0.25) is 0 Å². The number of nitrogens with two attached hydrogens (primary N) is 1. The highest BCUT2D eigenvalue weighted by Gasteiger charge is 2.00. The summed E-state index contributed by atoms with van der Waals surface area (Å²) in [6.07, 6.45) is 1.75. The molecule has 0 bridgehead atoms. The summed E-state index contributed by atoms with van der Waals surface area (Å²) in [6, 6.07) is 1.75. The zero-order valence-electron chi connectivity index (χ0n) is 9.99. The Morgan fingerprint density at radius 1 is 1.38 bits per heavy atom. The lowest BCUT2D eigenvalue weighted by atomic mass is 10.4. The van der Waals surface area contributed by atoms with Crippen LogP contribution < -0.4 is 11.1 Å². The van der Waals surface area contributed by atoms with E-state index in [-0.39, 0.29) is 0 Å². The summed E-state index contributed by atoms with van der Waals surface area (Å²) in [5.41, 5.74) is 5.67. The third-order valence-corrected chi connectivity index (χ3v) is 2.08. The van der Waals surface area contributed by atoms with Crippen molar-refractivity contribution in [2.45, 2.75) is 26.7 Å². The Morgan fingerprint density at radius 3 is 2.88 bits per heavy atom. The van der Waals surface area contributed by atoms with Gasteiger partial charge in [-0.1, -0.05) is 6.92 Å². The van der Waals surface area contributed by atoms with Gasteiger partial charge in [0.05, 0.1) is 0 Å². The van der Waals surface area contributed by atoms with Gasteiger partial charge < -0.3 is 15.8 Å². The number of ether oxygens (including phenoxy) is 1. The van der Waals surface area contributed by atoms with Crippen LogP contribution >= 0.6 is 0 Å². The Hall–Kier alpha value is -1.36. The minimum absolute atomic E-state index is 0.513. The molecule has 0 unspecified atom stereocenters. The van der Waals surface area contributed by atoms with Crippen molar-refractivity contribution in [3.05, 3.63) is 11.9 Å². The van der Waals surface area contributed by atoms with Gasteiger partial charge in [0, 0.05) is 32.2 Å². The monoisotopic (exact) mass is 224 g/mol. The normalized spacial score (nSPS) is 10.4. The molecule has 90 valence electrons. The molecule has 1 rings (SSSR count). The van der Waals surface area contributed by atoms with E-state index >= 15 is 0 Å². The molecule has 0 saturated carbocycles. The maximum Gasteiger partial charge on any atom is 0.132 e. The molecule has 16 heavy (non-hydrogen) atoms. The summed E-state index contributed by atoms with van der Waals surface area (Å²) in [7, 11) is 0. The molecule has 5 heteroatoms. The zero-order valence-corrected chi connectivity index (χ0v) is 9.99. The van der Waals surface area contributed by atoms with E-state index in [9.17, 15) is 0 Å². The first-order chi connectivity index (χ1) is 7.76. The molecule has 0 spiro atoms. The van der Waals surface area contributed by atoms with Crippen LogP contribution in [-0.2, 0) is 11.2 Å². The van der Waals surface area contributed by atoms with Gasteiger partial charge in [0.15, 0.2) is 0 Å². The lowest BCUT2D eigenvalue weighted by molar-refractivity contribution is 0.147. The highest BCUT2D eigenvalue weighted by atomic mass is 16.5. The van der Waals surface area contributed by atoms with Gasteiger partial charge in [-0.2, -0.15) is 0 Å². The summed E-state index contributed by atoms with van der Waals surface area (Å²) in [5.74, 6) is 2.08. The van der Waals surface area contributed by atoms with Crippen LogP contribution in [-0.4, -0.2) is 29.7 Å².